The van der Waals surface area contributed by atoms with Gasteiger partial charge in [-0.15, -0.1) is 0 Å². The first-order chi connectivity index (χ1) is 9.29. The number of nitrogens with zero attached hydrogens (tertiary/aromatic N) is 3. The van der Waals surface area contributed by atoms with Gasteiger partial charge in [-0.05, 0) is 6.92 Å². The van der Waals surface area contributed by atoms with E-state index in [1.54, 1.807) is 6.92 Å². The van der Waals surface area contributed by atoms with Crippen LogP contribution in [0.2, 0.25) is 0 Å². The lowest BCUT2D eigenvalue weighted by atomic mass is 10.2. The summed E-state index contributed by atoms with van der Waals surface area (Å²) in [6.07, 6.45) is -0.700. The van der Waals surface area contributed by atoms with E-state index in [2.05, 4.69) is 20.5 Å². The van der Waals surface area contributed by atoms with Crippen molar-refractivity contribution in [3.05, 3.63) is 11.6 Å². The van der Waals surface area contributed by atoms with E-state index in [4.69, 9.17) is 10.2 Å². The highest BCUT2D eigenvalue weighted by molar-refractivity contribution is 5.86. The lowest BCUT2D eigenvalue weighted by molar-refractivity contribution is -0.145. The van der Waals surface area contributed by atoms with Gasteiger partial charge in [0.05, 0.1) is 13.0 Å². The Labute approximate surface area is 113 Å². The van der Waals surface area contributed by atoms with Crippen molar-refractivity contribution in [3.63, 3.8) is 0 Å². The Morgan fingerprint density at radius 3 is 2.50 bits per heavy atom. The monoisotopic (exact) mass is 285 g/mol. The number of carboxylic acids is 2. The summed E-state index contributed by atoms with van der Waals surface area (Å²) in [6.45, 7) is 1.76. The number of nitrogens with one attached hydrogen (secondary N) is 2. The third-order valence-electron chi connectivity index (χ3n) is 2.34. The molecule has 1 heterocycles. The minimum atomic E-state index is -1.49. The highest BCUT2D eigenvalue weighted by Crippen LogP contribution is 1.99. The Balaban J connectivity index is 2.59. The second-order valence-electron chi connectivity index (χ2n) is 4.13. The van der Waals surface area contributed by atoms with E-state index in [-0.39, 0.29) is 6.54 Å². The Morgan fingerprint density at radius 2 is 2.05 bits per heavy atom. The van der Waals surface area contributed by atoms with Gasteiger partial charge in [0, 0.05) is 7.05 Å². The zero-order chi connectivity index (χ0) is 15.3. The lowest BCUT2D eigenvalue weighted by Gasteiger charge is -2.19. The van der Waals surface area contributed by atoms with Gasteiger partial charge in [-0.2, -0.15) is 5.10 Å². The number of hydrogen-bond acceptors (Lipinski definition) is 5. The molecule has 0 saturated heterocycles. The number of aryl methyl sites for hydroxylation is 1. The van der Waals surface area contributed by atoms with E-state index in [1.165, 1.54) is 7.05 Å². The van der Waals surface area contributed by atoms with Crippen molar-refractivity contribution in [2.75, 3.05) is 7.05 Å². The van der Waals surface area contributed by atoms with Crippen molar-refractivity contribution >= 4 is 18.0 Å². The predicted molar refractivity (Wildman–Crippen MR) is 64.8 cm³/mol. The molecule has 0 aliphatic heterocycles. The summed E-state index contributed by atoms with van der Waals surface area (Å²) in [4.78, 5) is 38.2. The molecule has 1 atom stereocenters. The molecule has 0 aliphatic rings. The van der Waals surface area contributed by atoms with E-state index < -0.39 is 30.4 Å². The van der Waals surface area contributed by atoms with Gasteiger partial charge in [0.2, 0.25) is 0 Å². The maximum absolute atomic E-state index is 11.7. The second-order valence-corrected chi connectivity index (χ2v) is 4.13. The minimum Gasteiger partial charge on any atom is -0.481 e. The van der Waals surface area contributed by atoms with Gasteiger partial charge in [-0.25, -0.2) is 14.6 Å². The fraction of sp³-hybridized carbons (Fsp3) is 0.500. The van der Waals surface area contributed by atoms with Crippen LogP contribution in [0, 0.1) is 6.92 Å². The topological polar surface area (TPSA) is 149 Å². The van der Waals surface area contributed by atoms with E-state index in [0.29, 0.717) is 11.6 Å². The predicted octanol–water partition coefficient (Wildman–Crippen LogP) is -0.818. The minimum absolute atomic E-state index is 0.0651. The maximum atomic E-state index is 11.7. The Kier molecular flexibility index (Phi) is 5.01. The van der Waals surface area contributed by atoms with Crippen LogP contribution in [-0.4, -0.2) is 61.4 Å². The van der Waals surface area contributed by atoms with E-state index in [0.717, 1.165) is 4.90 Å². The molecular weight excluding hydrogens is 270 g/mol. The largest absolute Gasteiger partial charge is 0.481 e. The van der Waals surface area contributed by atoms with Gasteiger partial charge in [-0.1, -0.05) is 0 Å². The standard InChI is InChI=1S/C10H15N5O5/c1-5-11-7(14-13-5)4-15(2)10(20)12-6(9(18)19)3-8(16)17/h6H,3-4H2,1-2H3,(H,12,20)(H,16,17)(H,18,19)(H,11,13,14). The summed E-state index contributed by atoms with van der Waals surface area (Å²) in [5, 5.41) is 25.9. The average molecular weight is 285 g/mol. The number of hydrogen-bond donors (Lipinski definition) is 4. The summed E-state index contributed by atoms with van der Waals surface area (Å²) in [6, 6.07) is -2.21. The fourth-order valence-electron chi connectivity index (χ4n) is 1.38. The summed E-state index contributed by atoms with van der Waals surface area (Å²) in [5.74, 6) is -1.78. The number of aromatic nitrogens is 3. The zero-order valence-corrected chi connectivity index (χ0v) is 11.0. The highest BCUT2D eigenvalue weighted by atomic mass is 16.4. The van der Waals surface area contributed by atoms with E-state index >= 15 is 0 Å². The molecule has 0 spiro atoms. The lowest BCUT2D eigenvalue weighted by Crippen LogP contribution is -2.47. The molecular formula is C10H15N5O5. The average Bonchev–Trinajstić information content (AvgIpc) is 2.72. The normalized spacial score (nSPS) is 11.7. The molecule has 20 heavy (non-hydrogen) atoms. The maximum Gasteiger partial charge on any atom is 0.326 e. The van der Waals surface area contributed by atoms with Crippen molar-refractivity contribution in [2.45, 2.75) is 25.9 Å². The van der Waals surface area contributed by atoms with Gasteiger partial charge in [0.25, 0.3) is 0 Å². The molecule has 10 heteroatoms. The number of carbonyl (C=O) groups excluding carboxylic acids is 1. The van der Waals surface area contributed by atoms with Crippen molar-refractivity contribution in [1.82, 2.24) is 25.4 Å². The van der Waals surface area contributed by atoms with Gasteiger partial charge in [0.15, 0.2) is 5.82 Å². The number of carbonyl (C=O) groups is 3. The van der Waals surface area contributed by atoms with Crippen LogP contribution < -0.4 is 5.32 Å². The molecule has 0 saturated carbocycles. The molecule has 0 radical (unpaired) electrons. The quantitative estimate of drug-likeness (QED) is 0.533. The third-order valence-corrected chi connectivity index (χ3v) is 2.34. The van der Waals surface area contributed by atoms with Gasteiger partial charge < -0.3 is 20.4 Å². The van der Waals surface area contributed by atoms with E-state index in [9.17, 15) is 14.4 Å². The van der Waals surface area contributed by atoms with E-state index in [1.807, 2.05) is 0 Å². The molecule has 0 fully saturated rings. The SMILES string of the molecule is Cc1nc(CN(C)C(=O)NC(CC(=O)O)C(=O)O)n[nH]1. The number of carboxylic acid groups (broad SMARTS) is 2. The van der Waals surface area contributed by atoms with Crippen LogP contribution in [0.5, 0.6) is 0 Å². The summed E-state index contributed by atoms with van der Waals surface area (Å²) in [7, 11) is 1.42. The molecule has 0 aliphatic carbocycles. The van der Waals surface area contributed by atoms with Crippen molar-refractivity contribution in [3.8, 4) is 0 Å². The van der Waals surface area contributed by atoms with Gasteiger partial charge >= 0.3 is 18.0 Å². The highest BCUT2D eigenvalue weighted by Gasteiger charge is 2.24. The van der Waals surface area contributed by atoms with Crippen LogP contribution in [0.15, 0.2) is 0 Å². The van der Waals surface area contributed by atoms with Crippen LogP contribution in [0.25, 0.3) is 0 Å². The Hall–Kier alpha value is -2.65. The molecule has 2 amide bonds. The molecule has 1 unspecified atom stereocenters. The van der Waals surface area contributed by atoms with Crippen LogP contribution in [0.3, 0.4) is 0 Å². The van der Waals surface area contributed by atoms with Crippen LogP contribution in [-0.2, 0) is 16.1 Å². The van der Waals surface area contributed by atoms with Crippen molar-refractivity contribution < 1.29 is 24.6 Å². The first kappa shape index (κ1) is 15.4. The number of urea groups is 1. The second kappa shape index (κ2) is 6.50. The molecule has 1 aromatic heterocycles. The number of H-pyrrole nitrogens is 1. The van der Waals surface area contributed by atoms with Crippen LogP contribution in [0.4, 0.5) is 4.79 Å². The first-order valence-corrected chi connectivity index (χ1v) is 5.63. The first-order valence-electron chi connectivity index (χ1n) is 5.63. The number of aliphatic carboxylic acids is 2. The number of amides is 2. The summed E-state index contributed by atoms with van der Waals surface area (Å²) < 4.78 is 0. The molecule has 0 bridgehead atoms. The molecule has 110 valence electrons. The Bertz CT molecular complexity index is 514. The Morgan fingerprint density at radius 1 is 1.40 bits per heavy atom. The number of rotatable bonds is 6. The van der Waals surface area contributed by atoms with Gasteiger partial charge in [-0.3, -0.25) is 9.89 Å². The molecule has 1 rings (SSSR count). The molecule has 10 nitrogen and oxygen atoms in total. The summed E-state index contributed by atoms with van der Waals surface area (Å²) >= 11 is 0. The zero-order valence-electron chi connectivity index (χ0n) is 11.0. The summed E-state index contributed by atoms with van der Waals surface area (Å²) in [5.41, 5.74) is 0. The molecule has 4 N–H and O–H groups in total. The van der Waals surface area contributed by atoms with Crippen LogP contribution >= 0.6 is 0 Å². The van der Waals surface area contributed by atoms with Crippen LogP contribution in [0.1, 0.15) is 18.1 Å². The van der Waals surface area contributed by atoms with Gasteiger partial charge in [0.1, 0.15) is 11.9 Å². The van der Waals surface area contributed by atoms with Crippen molar-refractivity contribution in [1.29, 1.82) is 0 Å². The molecule has 0 aromatic carbocycles. The fourth-order valence-corrected chi connectivity index (χ4v) is 1.38. The van der Waals surface area contributed by atoms with Crippen molar-refractivity contribution in [2.24, 2.45) is 0 Å². The smallest absolute Gasteiger partial charge is 0.326 e. The third kappa shape index (κ3) is 4.55. The number of aromatic amines is 1. The molecule has 1 aromatic rings.